The zero-order valence-electron chi connectivity index (χ0n) is 10.9. The molecule has 1 fully saturated rings. The fourth-order valence-electron chi connectivity index (χ4n) is 1.84. The second-order valence-electron chi connectivity index (χ2n) is 4.88. The molecule has 0 amide bonds. The summed E-state index contributed by atoms with van der Waals surface area (Å²) in [4.78, 5) is 10.5. The molecule has 2 N–H and O–H groups in total. The van der Waals surface area contributed by atoms with Crippen molar-refractivity contribution in [2.75, 3.05) is 18.5 Å². The highest BCUT2D eigenvalue weighted by Crippen LogP contribution is 2.39. The van der Waals surface area contributed by atoms with E-state index in [9.17, 15) is 15.2 Å². The quantitative estimate of drug-likeness (QED) is 0.584. The number of benzene rings is 1. The van der Waals surface area contributed by atoms with Crippen molar-refractivity contribution in [3.63, 3.8) is 0 Å². The van der Waals surface area contributed by atoms with Crippen LogP contribution < -0.4 is 10.1 Å². The highest BCUT2D eigenvalue weighted by atomic mass is 16.6. The minimum Gasteiger partial charge on any atom is -0.493 e. The average molecular weight is 266 g/mol. The summed E-state index contributed by atoms with van der Waals surface area (Å²) in [6, 6.07) is 4.62. The van der Waals surface area contributed by atoms with Crippen molar-refractivity contribution in [1.82, 2.24) is 0 Å². The Labute approximate surface area is 111 Å². The van der Waals surface area contributed by atoms with Gasteiger partial charge in [0.2, 0.25) is 0 Å². The summed E-state index contributed by atoms with van der Waals surface area (Å²) in [5.74, 6) is 0.479. The number of rotatable bonds is 7. The van der Waals surface area contributed by atoms with Crippen LogP contribution in [-0.2, 0) is 0 Å². The van der Waals surface area contributed by atoms with Crippen LogP contribution in [0, 0.1) is 10.1 Å². The van der Waals surface area contributed by atoms with E-state index in [4.69, 9.17) is 4.74 Å². The van der Waals surface area contributed by atoms with Gasteiger partial charge in [0, 0.05) is 17.8 Å². The van der Waals surface area contributed by atoms with Crippen LogP contribution >= 0.6 is 0 Å². The van der Waals surface area contributed by atoms with Crippen molar-refractivity contribution >= 4 is 11.4 Å². The van der Waals surface area contributed by atoms with Crippen LogP contribution in [0.3, 0.4) is 0 Å². The Morgan fingerprint density at radius 3 is 2.74 bits per heavy atom. The molecule has 0 unspecified atom stereocenters. The van der Waals surface area contributed by atoms with E-state index in [1.165, 1.54) is 12.1 Å². The molecule has 0 atom stereocenters. The highest BCUT2D eigenvalue weighted by molar-refractivity contribution is 5.58. The van der Waals surface area contributed by atoms with Crippen LogP contribution in [0.25, 0.3) is 0 Å². The van der Waals surface area contributed by atoms with Gasteiger partial charge in [-0.2, -0.15) is 0 Å². The van der Waals surface area contributed by atoms with Gasteiger partial charge in [0.1, 0.15) is 5.75 Å². The van der Waals surface area contributed by atoms with Gasteiger partial charge in [0.25, 0.3) is 5.69 Å². The zero-order valence-corrected chi connectivity index (χ0v) is 10.9. The highest BCUT2D eigenvalue weighted by Gasteiger charge is 2.42. The molecule has 6 heteroatoms. The largest absolute Gasteiger partial charge is 0.493 e. The summed E-state index contributed by atoms with van der Waals surface area (Å²) in [5, 5.41) is 23.3. The van der Waals surface area contributed by atoms with Gasteiger partial charge in [-0.1, -0.05) is 6.92 Å². The molecule has 1 aromatic carbocycles. The van der Waals surface area contributed by atoms with E-state index >= 15 is 0 Å². The van der Waals surface area contributed by atoms with Crippen LogP contribution in [0.2, 0.25) is 0 Å². The van der Waals surface area contributed by atoms with Crippen molar-refractivity contribution in [1.29, 1.82) is 0 Å². The number of nitro benzene ring substituents is 1. The molecular weight excluding hydrogens is 248 g/mol. The molecule has 0 radical (unpaired) electrons. The molecule has 6 nitrogen and oxygen atoms in total. The molecule has 0 heterocycles. The SMILES string of the molecule is CCCOc1cc(NC2(CO)CC2)cc([N+](=O)[O-])c1. The summed E-state index contributed by atoms with van der Waals surface area (Å²) >= 11 is 0. The van der Waals surface area contributed by atoms with E-state index < -0.39 is 4.92 Å². The van der Waals surface area contributed by atoms with E-state index in [0.717, 1.165) is 19.3 Å². The number of ether oxygens (including phenoxy) is 1. The van der Waals surface area contributed by atoms with Crippen LogP contribution in [0.1, 0.15) is 26.2 Å². The van der Waals surface area contributed by atoms with Crippen LogP contribution in [0.4, 0.5) is 11.4 Å². The maximum absolute atomic E-state index is 10.9. The van der Waals surface area contributed by atoms with Gasteiger partial charge in [-0.05, 0) is 19.3 Å². The molecule has 1 aliphatic carbocycles. The Morgan fingerprint density at radius 2 is 2.21 bits per heavy atom. The van der Waals surface area contributed by atoms with Gasteiger partial charge in [-0.3, -0.25) is 10.1 Å². The smallest absolute Gasteiger partial charge is 0.275 e. The summed E-state index contributed by atoms with van der Waals surface area (Å²) in [6.07, 6.45) is 2.58. The summed E-state index contributed by atoms with van der Waals surface area (Å²) in [6.45, 7) is 2.52. The number of nitrogens with zero attached hydrogens (tertiary/aromatic N) is 1. The monoisotopic (exact) mass is 266 g/mol. The number of nitrogens with one attached hydrogen (secondary N) is 1. The van der Waals surface area contributed by atoms with Gasteiger partial charge >= 0.3 is 0 Å². The Bertz CT molecular complexity index is 472. The first-order valence-corrected chi connectivity index (χ1v) is 6.40. The second-order valence-corrected chi connectivity index (χ2v) is 4.88. The number of aliphatic hydroxyl groups excluding tert-OH is 1. The third-order valence-corrected chi connectivity index (χ3v) is 3.14. The van der Waals surface area contributed by atoms with E-state index in [1.54, 1.807) is 6.07 Å². The van der Waals surface area contributed by atoms with Crippen LogP contribution in [0.5, 0.6) is 5.75 Å². The van der Waals surface area contributed by atoms with Gasteiger partial charge in [0.15, 0.2) is 0 Å². The Hall–Kier alpha value is -1.82. The van der Waals surface area contributed by atoms with E-state index in [0.29, 0.717) is 18.0 Å². The molecule has 0 saturated heterocycles. The lowest BCUT2D eigenvalue weighted by Gasteiger charge is -2.16. The number of hydrogen-bond donors (Lipinski definition) is 2. The van der Waals surface area contributed by atoms with Crippen molar-refractivity contribution in [2.45, 2.75) is 31.7 Å². The van der Waals surface area contributed by atoms with Gasteiger partial charge < -0.3 is 15.2 Å². The average Bonchev–Trinajstić information content (AvgIpc) is 3.16. The normalized spacial score (nSPS) is 15.9. The van der Waals surface area contributed by atoms with Crippen molar-refractivity contribution < 1.29 is 14.8 Å². The minimum absolute atomic E-state index is 0.00940. The van der Waals surface area contributed by atoms with Crippen LogP contribution in [-0.4, -0.2) is 28.8 Å². The number of aliphatic hydroxyl groups is 1. The summed E-state index contributed by atoms with van der Waals surface area (Å²) in [5.41, 5.74) is 0.300. The molecule has 2 rings (SSSR count). The fourth-order valence-corrected chi connectivity index (χ4v) is 1.84. The Morgan fingerprint density at radius 1 is 1.47 bits per heavy atom. The molecule has 0 aliphatic heterocycles. The maximum atomic E-state index is 10.9. The Balaban J connectivity index is 2.21. The molecular formula is C13H18N2O4. The lowest BCUT2D eigenvalue weighted by molar-refractivity contribution is -0.384. The first-order chi connectivity index (χ1) is 9.08. The van der Waals surface area contributed by atoms with E-state index in [2.05, 4.69) is 5.32 Å². The zero-order chi connectivity index (χ0) is 13.9. The first kappa shape index (κ1) is 13.6. The molecule has 0 bridgehead atoms. The topological polar surface area (TPSA) is 84.6 Å². The molecule has 0 spiro atoms. The third kappa shape index (κ3) is 3.35. The van der Waals surface area contributed by atoms with Crippen molar-refractivity contribution in [2.24, 2.45) is 0 Å². The van der Waals surface area contributed by atoms with Crippen molar-refractivity contribution in [3.05, 3.63) is 28.3 Å². The molecule has 1 aromatic rings. The molecule has 0 aromatic heterocycles. The van der Waals surface area contributed by atoms with Gasteiger partial charge in [-0.25, -0.2) is 0 Å². The fraction of sp³-hybridized carbons (Fsp3) is 0.538. The number of nitro groups is 1. The first-order valence-electron chi connectivity index (χ1n) is 6.40. The standard InChI is InChI=1S/C13H18N2O4/c1-2-5-19-12-7-10(6-11(8-12)15(17)18)14-13(9-16)3-4-13/h6-8,14,16H,2-5,9H2,1H3. The van der Waals surface area contributed by atoms with Crippen molar-refractivity contribution in [3.8, 4) is 5.75 Å². The molecule has 1 saturated carbocycles. The maximum Gasteiger partial charge on any atom is 0.275 e. The Kier molecular flexibility index (Phi) is 3.90. The predicted octanol–water partition coefficient (Wildman–Crippen LogP) is 2.32. The lowest BCUT2D eigenvalue weighted by atomic mass is 10.2. The number of anilines is 1. The minimum atomic E-state index is -0.442. The molecule has 1 aliphatic rings. The van der Waals surface area contributed by atoms with Gasteiger partial charge in [-0.15, -0.1) is 0 Å². The number of hydrogen-bond acceptors (Lipinski definition) is 5. The second kappa shape index (κ2) is 5.44. The molecule has 104 valence electrons. The lowest BCUT2D eigenvalue weighted by Crippen LogP contribution is -2.25. The van der Waals surface area contributed by atoms with Crippen LogP contribution in [0.15, 0.2) is 18.2 Å². The summed E-state index contributed by atoms with van der Waals surface area (Å²) < 4.78 is 5.45. The third-order valence-electron chi connectivity index (χ3n) is 3.14. The predicted molar refractivity (Wildman–Crippen MR) is 71.6 cm³/mol. The summed E-state index contributed by atoms with van der Waals surface area (Å²) in [7, 11) is 0. The van der Waals surface area contributed by atoms with E-state index in [-0.39, 0.29) is 17.8 Å². The number of non-ortho nitro benzene ring substituents is 1. The molecule has 19 heavy (non-hydrogen) atoms. The van der Waals surface area contributed by atoms with E-state index in [1.807, 2.05) is 6.92 Å². The van der Waals surface area contributed by atoms with Gasteiger partial charge in [0.05, 0.1) is 29.7 Å².